The summed E-state index contributed by atoms with van der Waals surface area (Å²) in [5.41, 5.74) is 0. The second-order valence-corrected chi connectivity index (χ2v) is 5.91. The summed E-state index contributed by atoms with van der Waals surface area (Å²) in [5, 5.41) is 6.05. The summed E-state index contributed by atoms with van der Waals surface area (Å²) in [6.07, 6.45) is 0. The molecule has 7 heteroatoms. The van der Waals surface area contributed by atoms with Crippen LogP contribution in [0.2, 0.25) is 0 Å². The molecule has 0 aliphatic rings. The molecule has 6 nitrogen and oxygen atoms in total. The van der Waals surface area contributed by atoms with Crippen LogP contribution in [0.15, 0.2) is 29.3 Å². The maximum Gasteiger partial charge on any atom is 0.222 e. The van der Waals surface area contributed by atoms with Gasteiger partial charge in [0.25, 0.3) is 0 Å². The Morgan fingerprint density at radius 3 is 2.56 bits per heavy atom. The van der Waals surface area contributed by atoms with Gasteiger partial charge in [0.15, 0.2) is 5.96 Å². The molecule has 0 aliphatic heterocycles. The number of rotatable bonds is 9. The number of likely N-dealkylation sites (N-methyl/N-ethyl adjacent to an activating group) is 1. The molecular formula is C18H29FN4O2. The second kappa shape index (κ2) is 11.3. The summed E-state index contributed by atoms with van der Waals surface area (Å²) in [7, 11) is 1.92. The van der Waals surface area contributed by atoms with E-state index in [1.807, 2.05) is 32.7 Å². The van der Waals surface area contributed by atoms with Crippen LogP contribution in [0, 0.1) is 11.7 Å². The van der Waals surface area contributed by atoms with Gasteiger partial charge in [-0.2, -0.15) is 0 Å². The number of carbonyl (C=O) groups excluding carboxylic acids is 1. The van der Waals surface area contributed by atoms with Gasteiger partial charge in [0.05, 0.1) is 13.1 Å². The topological polar surface area (TPSA) is 66.0 Å². The van der Waals surface area contributed by atoms with Gasteiger partial charge in [0.1, 0.15) is 18.2 Å². The molecule has 1 rings (SSSR count). The third-order valence-corrected chi connectivity index (χ3v) is 3.40. The normalized spacial score (nSPS) is 11.4. The van der Waals surface area contributed by atoms with Gasteiger partial charge in [-0.3, -0.25) is 9.79 Å². The van der Waals surface area contributed by atoms with Gasteiger partial charge < -0.3 is 20.3 Å². The molecule has 0 fully saturated rings. The second-order valence-electron chi connectivity index (χ2n) is 5.91. The average Bonchev–Trinajstić information content (AvgIpc) is 2.58. The number of nitrogens with one attached hydrogen (secondary N) is 2. The fourth-order valence-electron chi connectivity index (χ4n) is 1.95. The fraction of sp³-hybridized carbons (Fsp3) is 0.556. The Kier molecular flexibility index (Phi) is 9.36. The molecule has 2 N–H and O–H groups in total. The van der Waals surface area contributed by atoms with Gasteiger partial charge >= 0.3 is 0 Å². The molecule has 0 radical (unpaired) electrons. The highest BCUT2D eigenvalue weighted by atomic mass is 19.1. The largest absolute Gasteiger partial charge is 0.492 e. The smallest absolute Gasteiger partial charge is 0.222 e. The number of amides is 1. The van der Waals surface area contributed by atoms with Crippen LogP contribution in [0.4, 0.5) is 4.39 Å². The highest BCUT2D eigenvalue weighted by Gasteiger charge is 2.07. The Morgan fingerprint density at radius 2 is 1.96 bits per heavy atom. The zero-order valence-electron chi connectivity index (χ0n) is 15.5. The number of aliphatic imine (C=N–C) groups is 1. The molecule has 0 saturated heterocycles. The van der Waals surface area contributed by atoms with Crippen LogP contribution in [0.1, 0.15) is 20.8 Å². The van der Waals surface area contributed by atoms with Gasteiger partial charge in [-0.25, -0.2) is 4.39 Å². The van der Waals surface area contributed by atoms with Crippen LogP contribution in [-0.2, 0) is 4.79 Å². The van der Waals surface area contributed by atoms with Crippen molar-refractivity contribution in [2.75, 3.05) is 39.8 Å². The lowest BCUT2D eigenvalue weighted by molar-refractivity contribution is -0.123. The zero-order chi connectivity index (χ0) is 18.7. The van der Waals surface area contributed by atoms with Crippen molar-refractivity contribution in [1.29, 1.82) is 0 Å². The molecule has 0 spiro atoms. The van der Waals surface area contributed by atoms with Crippen LogP contribution >= 0.6 is 0 Å². The molecule has 0 bridgehead atoms. The lowest BCUT2D eigenvalue weighted by atomic mass is 10.2. The monoisotopic (exact) mass is 352 g/mol. The predicted octanol–water partition coefficient (Wildman–Crippen LogP) is 1.87. The summed E-state index contributed by atoms with van der Waals surface area (Å²) in [6.45, 7) is 8.56. The number of benzene rings is 1. The van der Waals surface area contributed by atoms with E-state index in [2.05, 4.69) is 15.6 Å². The molecule has 1 aromatic rings. The molecule has 1 aromatic carbocycles. The van der Waals surface area contributed by atoms with Crippen molar-refractivity contribution in [3.63, 3.8) is 0 Å². The summed E-state index contributed by atoms with van der Waals surface area (Å²) < 4.78 is 18.5. The van der Waals surface area contributed by atoms with Gasteiger partial charge in [-0.05, 0) is 31.2 Å². The first-order valence-corrected chi connectivity index (χ1v) is 8.59. The standard InChI is InChI=1S/C18H29FN4O2/c1-5-20-18(22-11-10-21-17(24)14(2)3)23(4)12-13-25-16-8-6-15(19)7-9-16/h6-9,14H,5,10-13H2,1-4H3,(H,20,22)(H,21,24). The third kappa shape index (κ3) is 8.37. The molecule has 1 amide bonds. The molecule has 0 aliphatic carbocycles. The van der Waals surface area contributed by atoms with Crippen molar-refractivity contribution in [2.45, 2.75) is 20.8 Å². The number of ether oxygens (including phenoxy) is 1. The highest BCUT2D eigenvalue weighted by molar-refractivity contribution is 5.80. The summed E-state index contributed by atoms with van der Waals surface area (Å²) in [6, 6.07) is 5.95. The van der Waals surface area contributed by atoms with Crippen molar-refractivity contribution >= 4 is 11.9 Å². The molecule has 0 heterocycles. The molecule has 0 aromatic heterocycles. The maximum atomic E-state index is 12.9. The summed E-state index contributed by atoms with van der Waals surface area (Å²) >= 11 is 0. The van der Waals surface area contributed by atoms with Crippen molar-refractivity contribution in [2.24, 2.45) is 10.9 Å². The molecule has 25 heavy (non-hydrogen) atoms. The molecule has 0 saturated carbocycles. The minimum absolute atomic E-state index is 0.0245. The van der Waals surface area contributed by atoms with E-state index in [9.17, 15) is 9.18 Å². The van der Waals surface area contributed by atoms with Crippen molar-refractivity contribution in [3.8, 4) is 5.75 Å². The molecule has 0 unspecified atom stereocenters. The van der Waals surface area contributed by atoms with E-state index in [-0.39, 0.29) is 17.6 Å². The maximum absolute atomic E-state index is 12.9. The van der Waals surface area contributed by atoms with Crippen LogP contribution in [0.3, 0.4) is 0 Å². The minimum Gasteiger partial charge on any atom is -0.492 e. The number of hydrogen-bond donors (Lipinski definition) is 2. The van der Waals surface area contributed by atoms with Crippen molar-refractivity contribution < 1.29 is 13.9 Å². The number of halogens is 1. The lowest BCUT2D eigenvalue weighted by Crippen LogP contribution is -2.41. The van der Waals surface area contributed by atoms with Crippen LogP contribution in [-0.4, -0.2) is 56.6 Å². The zero-order valence-corrected chi connectivity index (χ0v) is 15.5. The summed E-state index contributed by atoms with van der Waals surface area (Å²) in [5.74, 6) is 1.11. The number of carbonyl (C=O) groups is 1. The Bertz CT molecular complexity index is 547. The molecular weight excluding hydrogens is 323 g/mol. The molecule has 140 valence electrons. The first kappa shape index (κ1) is 20.7. The van der Waals surface area contributed by atoms with Crippen LogP contribution in [0.25, 0.3) is 0 Å². The quantitative estimate of drug-likeness (QED) is 0.405. The highest BCUT2D eigenvalue weighted by Crippen LogP contribution is 2.10. The van der Waals surface area contributed by atoms with E-state index < -0.39 is 0 Å². The predicted molar refractivity (Wildman–Crippen MR) is 98.4 cm³/mol. The Labute approximate surface area is 149 Å². The SMILES string of the molecule is CCNC(=NCCNC(=O)C(C)C)N(C)CCOc1ccc(F)cc1. The Morgan fingerprint density at radius 1 is 1.28 bits per heavy atom. The first-order valence-electron chi connectivity index (χ1n) is 8.59. The van der Waals surface area contributed by atoms with Gasteiger partial charge in [-0.1, -0.05) is 13.8 Å². The minimum atomic E-state index is -0.282. The Balaban J connectivity index is 2.40. The lowest BCUT2D eigenvalue weighted by Gasteiger charge is -2.22. The van der Waals surface area contributed by atoms with E-state index in [0.717, 1.165) is 12.5 Å². The number of guanidine groups is 1. The molecule has 0 atom stereocenters. The van der Waals surface area contributed by atoms with E-state index in [4.69, 9.17) is 4.74 Å². The fourth-order valence-corrected chi connectivity index (χ4v) is 1.95. The first-order chi connectivity index (χ1) is 11.9. The van der Waals surface area contributed by atoms with Crippen LogP contribution < -0.4 is 15.4 Å². The van der Waals surface area contributed by atoms with E-state index >= 15 is 0 Å². The van der Waals surface area contributed by atoms with E-state index in [1.54, 1.807) is 12.1 Å². The average molecular weight is 352 g/mol. The van der Waals surface area contributed by atoms with Crippen LogP contribution in [0.5, 0.6) is 5.75 Å². The summed E-state index contributed by atoms with van der Waals surface area (Å²) in [4.78, 5) is 18.0. The van der Waals surface area contributed by atoms with E-state index in [1.165, 1.54) is 12.1 Å². The van der Waals surface area contributed by atoms with E-state index in [0.29, 0.717) is 32.0 Å². The van der Waals surface area contributed by atoms with Crippen molar-refractivity contribution in [3.05, 3.63) is 30.1 Å². The van der Waals surface area contributed by atoms with Gasteiger partial charge in [0, 0.05) is 26.1 Å². The third-order valence-electron chi connectivity index (χ3n) is 3.40. The number of nitrogens with zero attached hydrogens (tertiary/aromatic N) is 2. The van der Waals surface area contributed by atoms with Crippen molar-refractivity contribution in [1.82, 2.24) is 15.5 Å². The number of hydrogen-bond acceptors (Lipinski definition) is 3. The Hall–Kier alpha value is -2.31. The van der Waals surface area contributed by atoms with Gasteiger partial charge in [-0.15, -0.1) is 0 Å². The van der Waals surface area contributed by atoms with Gasteiger partial charge in [0.2, 0.25) is 5.91 Å².